The molecule has 1 atom stereocenters. The highest BCUT2D eigenvalue weighted by atomic mass is 35.5. The molecule has 0 aliphatic carbocycles. The smallest absolute Gasteiger partial charge is 0.124 e. The zero-order chi connectivity index (χ0) is 14.8. The lowest BCUT2D eigenvalue weighted by atomic mass is 10.2. The van der Waals surface area contributed by atoms with Crippen LogP contribution < -0.4 is 0 Å². The van der Waals surface area contributed by atoms with E-state index in [1.165, 1.54) is 25.9 Å². The second-order valence-electron chi connectivity index (χ2n) is 5.68. The van der Waals surface area contributed by atoms with E-state index in [4.69, 9.17) is 16.9 Å². The van der Waals surface area contributed by atoms with Gasteiger partial charge in [-0.05, 0) is 51.1 Å². The Morgan fingerprint density at radius 1 is 1.38 bits per heavy atom. The van der Waals surface area contributed by atoms with Crippen molar-refractivity contribution in [2.24, 2.45) is 0 Å². The van der Waals surface area contributed by atoms with Crippen molar-refractivity contribution in [2.75, 3.05) is 13.1 Å². The minimum absolute atomic E-state index is 0.392. The van der Waals surface area contributed by atoms with E-state index >= 15 is 0 Å². The second kappa shape index (κ2) is 6.05. The molecule has 0 N–H and O–H groups in total. The zero-order valence-electron chi connectivity index (χ0n) is 12.2. The summed E-state index contributed by atoms with van der Waals surface area (Å²) in [5.74, 6) is 1.27. The monoisotopic (exact) mass is 302 g/mol. The minimum Gasteiger partial charge on any atom is -0.325 e. The number of imidazole rings is 1. The van der Waals surface area contributed by atoms with Gasteiger partial charge in [0.15, 0.2) is 0 Å². The molecule has 21 heavy (non-hydrogen) atoms. The Morgan fingerprint density at radius 3 is 2.81 bits per heavy atom. The third-order valence-corrected chi connectivity index (χ3v) is 4.53. The highest BCUT2D eigenvalue weighted by molar-refractivity contribution is 6.16. The normalized spacial score (nSPS) is 17.2. The van der Waals surface area contributed by atoms with Crippen molar-refractivity contribution < 1.29 is 0 Å². The zero-order valence-corrected chi connectivity index (χ0v) is 13.0. The predicted octanol–water partition coefficient (Wildman–Crippen LogP) is 3.13. The molecule has 1 aromatic heterocycles. The maximum absolute atomic E-state index is 9.09. The summed E-state index contributed by atoms with van der Waals surface area (Å²) >= 11 is 6.06. The van der Waals surface area contributed by atoms with Gasteiger partial charge in [-0.25, -0.2) is 4.98 Å². The summed E-state index contributed by atoms with van der Waals surface area (Å²) < 4.78 is 2.17. The first-order valence-electron chi connectivity index (χ1n) is 7.42. The Kier molecular flexibility index (Phi) is 4.14. The van der Waals surface area contributed by atoms with Crippen LogP contribution in [-0.4, -0.2) is 33.6 Å². The van der Waals surface area contributed by atoms with E-state index in [0.29, 0.717) is 17.5 Å². The SMILES string of the molecule is CC(Cn1c(CCl)nc2ccc(C#N)cc21)N1CCCC1. The van der Waals surface area contributed by atoms with E-state index < -0.39 is 0 Å². The highest BCUT2D eigenvalue weighted by Gasteiger charge is 2.20. The summed E-state index contributed by atoms with van der Waals surface area (Å²) in [5, 5.41) is 9.09. The maximum atomic E-state index is 9.09. The summed E-state index contributed by atoms with van der Waals surface area (Å²) in [6.07, 6.45) is 2.58. The predicted molar refractivity (Wildman–Crippen MR) is 84.3 cm³/mol. The second-order valence-corrected chi connectivity index (χ2v) is 5.95. The van der Waals surface area contributed by atoms with Gasteiger partial charge in [0, 0.05) is 12.6 Å². The van der Waals surface area contributed by atoms with Crippen molar-refractivity contribution in [3.05, 3.63) is 29.6 Å². The fraction of sp³-hybridized carbons (Fsp3) is 0.500. The molecule has 0 radical (unpaired) electrons. The van der Waals surface area contributed by atoms with E-state index in [2.05, 4.69) is 27.4 Å². The molecule has 110 valence electrons. The van der Waals surface area contributed by atoms with Crippen LogP contribution in [0.2, 0.25) is 0 Å². The average Bonchev–Trinajstić information content (AvgIpc) is 3.14. The van der Waals surface area contributed by atoms with Crippen molar-refractivity contribution >= 4 is 22.6 Å². The molecule has 0 spiro atoms. The lowest BCUT2D eigenvalue weighted by Crippen LogP contribution is -2.34. The molecule has 0 bridgehead atoms. The van der Waals surface area contributed by atoms with Crippen LogP contribution in [0.1, 0.15) is 31.2 Å². The molecule has 1 unspecified atom stereocenters. The molecule has 4 nitrogen and oxygen atoms in total. The summed E-state index contributed by atoms with van der Waals surface area (Å²) in [7, 11) is 0. The van der Waals surface area contributed by atoms with Crippen molar-refractivity contribution in [3.63, 3.8) is 0 Å². The van der Waals surface area contributed by atoms with Crippen LogP contribution in [-0.2, 0) is 12.4 Å². The number of hydrogen-bond acceptors (Lipinski definition) is 3. The van der Waals surface area contributed by atoms with Gasteiger partial charge in [0.2, 0.25) is 0 Å². The standard InChI is InChI=1S/C16H19ClN4/c1-12(20-6-2-3-7-20)11-21-15-8-13(10-18)4-5-14(15)19-16(21)9-17/h4-5,8,12H,2-3,6-7,9,11H2,1H3. The number of nitrogens with zero attached hydrogens (tertiary/aromatic N) is 4. The topological polar surface area (TPSA) is 44.9 Å². The van der Waals surface area contributed by atoms with E-state index in [1.54, 1.807) is 0 Å². The molecule has 2 aromatic rings. The summed E-state index contributed by atoms with van der Waals surface area (Å²) in [6, 6.07) is 8.28. The van der Waals surface area contributed by atoms with Gasteiger partial charge in [-0.1, -0.05) is 0 Å². The van der Waals surface area contributed by atoms with Gasteiger partial charge in [0.25, 0.3) is 0 Å². The van der Waals surface area contributed by atoms with Crippen LogP contribution in [0.25, 0.3) is 11.0 Å². The van der Waals surface area contributed by atoms with Gasteiger partial charge in [-0.3, -0.25) is 4.90 Å². The molecule has 0 saturated carbocycles. The van der Waals surface area contributed by atoms with Gasteiger partial charge < -0.3 is 4.57 Å². The molecular formula is C16H19ClN4. The number of fused-ring (bicyclic) bond motifs is 1. The Bertz CT molecular complexity index is 679. The van der Waals surface area contributed by atoms with E-state index in [0.717, 1.165) is 23.4 Å². The Morgan fingerprint density at radius 2 is 2.14 bits per heavy atom. The van der Waals surface area contributed by atoms with Crippen LogP contribution in [0.5, 0.6) is 0 Å². The summed E-state index contributed by atoms with van der Waals surface area (Å²) in [6.45, 7) is 5.47. The molecule has 0 amide bonds. The van der Waals surface area contributed by atoms with Crippen molar-refractivity contribution in [1.29, 1.82) is 5.26 Å². The van der Waals surface area contributed by atoms with Crippen molar-refractivity contribution in [2.45, 2.75) is 38.2 Å². The van der Waals surface area contributed by atoms with E-state index in [-0.39, 0.29) is 0 Å². The highest BCUT2D eigenvalue weighted by Crippen LogP contribution is 2.21. The quantitative estimate of drug-likeness (QED) is 0.815. The molecule has 1 aromatic carbocycles. The van der Waals surface area contributed by atoms with Crippen molar-refractivity contribution in [1.82, 2.24) is 14.5 Å². The van der Waals surface area contributed by atoms with Gasteiger partial charge in [0.05, 0.1) is 28.5 Å². The summed E-state index contributed by atoms with van der Waals surface area (Å²) in [4.78, 5) is 7.10. The van der Waals surface area contributed by atoms with Crippen LogP contribution in [0.3, 0.4) is 0 Å². The minimum atomic E-state index is 0.392. The number of likely N-dealkylation sites (tertiary alicyclic amines) is 1. The van der Waals surface area contributed by atoms with Gasteiger partial charge in [0.1, 0.15) is 5.82 Å². The number of benzene rings is 1. The lowest BCUT2D eigenvalue weighted by Gasteiger charge is -2.25. The third-order valence-electron chi connectivity index (χ3n) is 4.29. The fourth-order valence-corrected chi connectivity index (χ4v) is 3.31. The number of rotatable bonds is 4. The van der Waals surface area contributed by atoms with Gasteiger partial charge >= 0.3 is 0 Å². The number of halogens is 1. The lowest BCUT2D eigenvalue weighted by molar-refractivity contribution is 0.236. The molecular weight excluding hydrogens is 284 g/mol. The molecule has 1 fully saturated rings. The van der Waals surface area contributed by atoms with Crippen LogP contribution in [0.4, 0.5) is 0 Å². The third kappa shape index (κ3) is 2.76. The van der Waals surface area contributed by atoms with Gasteiger partial charge in [-0.15, -0.1) is 11.6 Å². The van der Waals surface area contributed by atoms with Crippen LogP contribution in [0.15, 0.2) is 18.2 Å². The first kappa shape index (κ1) is 14.4. The number of hydrogen-bond donors (Lipinski definition) is 0. The number of nitriles is 1. The molecule has 1 saturated heterocycles. The fourth-order valence-electron chi connectivity index (χ4n) is 3.11. The first-order chi connectivity index (χ1) is 10.2. The van der Waals surface area contributed by atoms with E-state index in [1.807, 2.05) is 18.2 Å². The maximum Gasteiger partial charge on any atom is 0.124 e. The van der Waals surface area contributed by atoms with Crippen LogP contribution >= 0.6 is 11.6 Å². The molecule has 2 heterocycles. The molecule has 3 rings (SSSR count). The molecule has 1 aliphatic rings. The van der Waals surface area contributed by atoms with Crippen LogP contribution in [0, 0.1) is 11.3 Å². The average molecular weight is 303 g/mol. The van der Waals surface area contributed by atoms with Crippen molar-refractivity contribution in [3.8, 4) is 6.07 Å². The Labute approximate surface area is 129 Å². The first-order valence-corrected chi connectivity index (χ1v) is 7.95. The largest absolute Gasteiger partial charge is 0.325 e. The van der Waals surface area contributed by atoms with E-state index in [9.17, 15) is 0 Å². The Balaban J connectivity index is 1.96. The number of aromatic nitrogens is 2. The Hall–Kier alpha value is -1.57. The number of alkyl halides is 1. The molecule has 5 heteroatoms. The summed E-state index contributed by atoms with van der Waals surface area (Å²) in [5.41, 5.74) is 2.59. The molecule has 1 aliphatic heterocycles. The van der Waals surface area contributed by atoms with Gasteiger partial charge in [-0.2, -0.15) is 5.26 Å².